The Balaban J connectivity index is 1.80. The van der Waals surface area contributed by atoms with Gasteiger partial charge in [-0.3, -0.25) is 14.6 Å². The summed E-state index contributed by atoms with van der Waals surface area (Å²) in [6.07, 6.45) is 3.17. The molecular weight excluding hydrogens is 362 g/mol. The normalized spacial score (nSPS) is 10.8. The van der Waals surface area contributed by atoms with Crippen LogP contribution in [0.2, 0.25) is 0 Å². The van der Waals surface area contributed by atoms with Crippen LogP contribution in [0.1, 0.15) is 27.0 Å². The summed E-state index contributed by atoms with van der Waals surface area (Å²) >= 11 is 0. The second-order valence-corrected chi connectivity index (χ2v) is 7.19. The molecule has 0 aliphatic carbocycles. The van der Waals surface area contributed by atoms with Crippen molar-refractivity contribution in [3.63, 3.8) is 0 Å². The molecule has 0 bridgehead atoms. The standard InChI is InChI=1S/C24H21N3O2/c1-16-5-3-7-21(12-16)27(24(29)18-6-4-10-25-14-18)15-20-13-19-11-17(2)8-9-22(19)26-23(20)28/h3-14H,15H2,1-2H3,(H,26,28). The van der Waals surface area contributed by atoms with E-state index in [2.05, 4.69) is 9.97 Å². The number of hydrogen-bond acceptors (Lipinski definition) is 3. The van der Waals surface area contributed by atoms with Gasteiger partial charge < -0.3 is 9.88 Å². The summed E-state index contributed by atoms with van der Waals surface area (Å²) < 4.78 is 0. The van der Waals surface area contributed by atoms with Gasteiger partial charge in [0.1, 0.15) is 0 Å². The van der Waals surface area contributed by atoms with Crippen molar-refractivity contribution < 1.29 is 4.79 Å². The van der Waals surface area contributed by atoms with E-state index in [1.54, 1.807) is 29.4 Å². The molecule has 0 unspecified atom stereocenters. The number of pyridine rings is 2. The topological polar surface area (TPSA) is 66.1 Å². The summed E-state index contributed by atoms with van der Waals surface area (Å²) in [7, 11) is 0. The Morgan fingerprint density at radius 3 is 2.59 bits per heavy atom. The lowest BCUT2D eigenvalue weighted by Crippen LogP contribution is -2.33. The molecule has 29 heavy (non-hydrogen) atoms. The zero-order valence-corrected chi connectivity index (χ0v) is 16.3. The van der Waals surface area contributed by atoms with E-state index in [4.69, 9.17) is 0 Å². The van der Waals surface area contributed by atoms with Crippen molar-refractivity contribution in [2.75, 3.05) is 4.90 Å². The number of amides is 1. The van der Waals surface area contributed by atoms with Crippen molar-refractivity contribution in [3.8, 4) is 0 Å². The summed E-state index contributed by atoms with van der Waals surface area (Å²) in [5, 5.41) is 0.942. The second kappa shape index (κ2) is 7.72. The van der Waals surface area contributed by atoms with Gasteiger partial charge in [-0.1, -0.05) is 23.8 Å². The smallest absolute Gasteiger partial charge is 0.260 e. The molecule has 0 aliphatic heterocycles. The fraction of sp³-hybridized carbons (Fsp3) is 0.125. The fourth-order valence-corrected chi connectivity index (χ4v) is 3.38. The molecule has 0 atom stereocenters. The molecule has 0 spiro atoms. The molecule has 0 fully saturated rings. The first-order valence-electron chi connectivity index (χ1n) is 9.42. The molecule has 0 radical (unpaired) electrons. The summed E-state index contributed by atoms with van der Waals surface area (Å²) in [5.74, 6) is -0.201. The van der Waals surface area contributed by atoms with Crippen LogP contribution in [0.5, 0.6) is 0 Å². The van der Waals surface area contributed by atoms with Gasteiger partial charge in [-0.05, 0) is 67.3 Å². The highest BCUT2D eigenvalue weighted by Crippen LogP contribution is 2.22. The minimum absolute atomic E-state index is 0.163. The average Bonchev–Trinajstić information content (AvgIpc) is 2.72. The number of nitrogens with one attached hydrogen (secondary N) is 1. The Kier molecular flexibility index (Phi) is 4.96. The molecule has 5 nitrogen and oxygen atoms in total. The predicted octanol–water partition coefficient (Wildman–Crippen LogP) is 4.39. The van der Waals surface area contributed by atoms with E-state index < -0.39 is 0 Å². The number of aromatic nitrogens is 2. The number of nitrogens with zero attached hydrogens (tertiary/aromatic N) is 2. The zero-order chi connectivity index (χ0) is 20.4. The minimum Gasteiger partial charge on any atom is -0.322 e. The number of rotatable bonds is 4. The Labute approximate surface area is 168 Å². The number of carbonyl (C=O) groups excluding carboxylic acids is 1. The van der Waals surface area contributed by atoms with E-state index in [0.29, 0.717) is 11.1 Å². The monoisotopic (exact) mass is 383 g/mol. The number of aromatic amines is 1. The Morgan fingerprint density at radius 1 is 1.00 bits per heavy atom. The molecular formula is C24H21N3O2. The lowest BCUT2D eigenvalue weighted by molar-refractivity contribution is 0.0984. The summed E-state index contributed by atoms with van der Waals surface area (Å²) in [6, 6.07) is 18.9. The zero-order valence-electron chi connectivity index (χ0n) is 16.3. The molecule has 4 aromatic rings. The van der Waals surface area contributed by atoms with Crippen LogP contribution in [0.4, 0.5) is 5.69 Å². The first-order chi connectivity index (χ1) is 14.0. The fourth-order valence-electron chi connectivity index (χ4n) is 3.38. The molecule has 0 saturated carbocycles. The van der Waals surface area contributed by atoms with Crippen LogP contribution in [0, 0.1) is 13.8 Å². The van der Waals surface area contributed by atoms with Crippen LogP contribution in [-0.2, 0) is 6.54 Å². The van der Waals surface area contributed by atoms with Crippen molar-refractivity contribution in [2.24, 2.45) is 0 Å². The first kappa shape index (κ1) is 18.6. The van der Waals surface area contributed by atoms with E-state index in [0.717, 1.165) is 27.7 Å². The number of benzene rings is 2. The molecule has 2 aromatic heterocycles. The summed E-state index contributed by atoms with van der Waals surface area (Å²) in [4.78, 5) is 34.6. The van der Waals surface area contributed by atoms with Gasteiger partial charge in [0.25, 0.3) is 11.5 Å². The quantitative estimate of drug-likeness (QED) is 0.568. The molecule has 0 saturated heterocycles. The van der Waals surface area contributed by atoms with Crippen LogP contribution in [0.3, 0.4) is 0 Å². The maximum absolute atomic E-state index is 13.3. The number of H-pyrrole nitrogens is 1. The van der Waals surface area contributed by atoms with Crippen LogP contribution in [-0.4, -0.2) is 15.9 Å². The maximum Gasteiger partial charge on any atom is 0.260 e. The molecule has 5 heteroatoms. The Bertz CT molecular complexity index is 1250. The largest absolute Gasteiger partial charge is 0.322 e. The number of hydrogen-bond donors (Lipinski definition) is 1. The van der Waals surface area contributed by atoms with Gasteiger partial charge in [0, 0.05) is 29.2 Å². The third-order valence-electron chi connectivity index (χ3n) is 4.87. The lowest BCUT2D eigenvalue weighted by atomic mass is 10.1. The van der Waals surface area contributed by atoms with E-state index >= 15 is 0 Å². The Hall–Kier alpha value is -3.73. The third kappa shape index (κ3) is 3.94. The molecule has 1 N–H and O–H groups in total. The lowest BCUT2D eigenvalue weighted by Gasteiger charge is -2.23. The van der Waals surface area contributed by atoms with Crippen molar-refractivity contribution in [1.82, 2.24) is 9.97 Å². The van der Waals surface area contributed by atoms with Gasteiger partial charge in [0.15, 0.2) is 0 Å². The predicted molar refractivity (Wildman–Crippen MR) is 115 cm³/mol. The van der Waals surface area contributed by atoms with Crippen LogP contribution in [0.25, 0.3) is 10.9 Å². The van der Waals surface area contributed by atoms with Crippen LogP contribution >= 0.6 is 0 Å². The molecule has 2 aromatic carbocycles. The van der Waals surface area contributed by atoms with Gasteiger partial charge in [-0.15, -0.1) is 0 Å². The highest BCUT2D eigenvalue weighted by Gasteiger charge is 2.20. The van der Waals surface area contributed by atoms with E-state index in [9.17, 15) is 9.59 Å². The number of anilines is 1. The van der Waals surface area contributed by atoms with E-state index in [1.807, 2.05) is 62.4 Å². The van der Waals surface area contributed by atoms with Gasteiger partial charge in [-0.2, -0.15) is 0 Å². The summed E-state index contributed by atoms with van der Waals surface area (Å²) in [5.41, 5.74) is 4.47. The van der Waals surface area contributed by atoms with Gasteiger partial charge in [0.2, 0.25) is 0 Å². The number of aryl methyl sites for hydroxylation is 2. The van der Waals surface area contributed by atoms with Crippen molar-refractivity contribution in [3.05, 3.63) is 106 Å². The summed E-state index contributed by atoms with van der Waals surface area (Å²) in [6.45, 7) is 4.15. The van der Waals surface area contributed by atoms with Crippen LogP contribution < -0.4 is 10.5 Å². The molecule has 2 heterocycles. The molecule has 4 rings (SSSR count). The number of fused-ring (bicyclic) bond motifs is 1. The second-order valence-electron chi connectivity index (χ2n) is 7.19. The van der Waals surface area contributed by atoms with Crippen molar-refractivity contribution in [1.29, 1.82) is 0 Å². The van der Waals surface area contributed by atoms with E-state index in [-0.39, 0.29) is 18.0 Å². The molecule has 144 valence electrons. The average molecular weight is 383 g/mol. The number of carbonyl (C=O) groups is 1. The van der Waals surface area contributed by atoms with E-state index in [1.165, 1.54) is 0 Å². The minimum atomic E-state index is -0.201. The Morgan fingerprint density at radius 2 is 1.83 bits per heavy atom. The molecule has 0 aliphatic rings. The highest BCUT2D eigenvalue weighted by molar-refractivity contribution is 6.05. The van der Waals surface area contributed by atoms with Crippen LogP contribution in [0.15, 0.2) is 77.9 Å². The van der Waals surface area contributed by atoms with Gasteiger partial charge in [0.05, 0.1) is 12.1 Å². The van der Waals surface area contributed by atoms with Gasteiger partial charge >= 0.3 is 0 Å². The highest BCUT2D eigenvalue weighted by atomic mass is 16.2. The first-order valence-corrected chi connectivity index (χ1v) is 9.42. The SMILES string of the molecule is Cc1cccc(N(Cc2cc3cc(C)ccc3[nH]c2=O)C(=O)c2cccnc2)c1. The maximum atomic E-state index is 13.3. The van der Waals surface area contributed by atoms with Gasteiger partial charge in [-0.25, -0.2) is 0 Å². The van der Waals surface area contributed by atoms with Crippen molar-refractivity contribution >= 4 is 22.5 Å². The third-order valence-corrected chi connectivity index (χ3v) is 4.87. The molecule has 1 amide bonds. The van der Waals surface area contributed by atoms with Crippen molar-refractivity contribution in [2.45, 2.75) is 20.4 Å².